The van der Waals surface area contributed by atoms with Crippen LogP contribution in [0.3, 0.4) is 0 Å². The molecule has 11 heteroatoms. The number of carbonyl (C=O) groups excluding carboxylic acids is 2. The van der Waals surface area contributed by atoms with Gasteiger partial charge in [-0.25, -0.2) is 9.78 Å². The van der Waals surface area contributed by atoms with E-state index in [1.54, 1.807) is 13.8 Å². The van der Waals surface area contributed by atoms with Gasteiger partial charge in [-0.3, -0.25) is 4.79 Å². The van der Waals surface area contributed by atoms with Gasteiger partial charge in [-0.05, 0) is 64.8 Å². The first kappa shape index (κ1) is 25.7. The Morgan fingerprint density at radius 1 is 1.15 bits per heavy atom. The van der Waals surface area contributed by atoms with Crippen molar-refractivity contribution in [1.82, 2.24) is 19.7 Å². The van der Waals surface area contributed by atoms with E-state index in [-0.39, 0.29) is 24.4 Å². The molecule has 0 fully saturated rings. The molecule has 1 aromatic carbocycles. The third kappa shape index (κ3) is 6.35. The monoisotopic (exact) mass is 503 g/mol. The van der Waals surface area contributed by atoms with Crippen molar-refractivity contribution in [3.63, 3.8) is 0 Å². The number of hydrogen-bond acceptors (Lipinski definition) is 9. The van der Waals surface area contributed by atoms with E-state index in [0.29, 0.717) is 33.2 Å². The number of benzene rings is 1. The Bertz CT molecular complexity index is 1150. The number of amides is 1. The van der Waals surface area contributed by atoms with E-state index in [2.05, 4.69) is 26.6 Å². The maximum Gasteiger partial charge on any atom is 0.350 e. The van der Waals surface area contributed by atoms with Crippen molar-refractivity contribution in [2.45, 2.75) is 59.3 Å². The average Bonchev–Trinajstić information content (AvgIpc) is 3.34. The molecule has 0 bridgehead atoms. The summed E-state index contributed by atoms with van der Waals surface area (Å²) >= 11 is 2.38. The highest BCUT2D eigenvalue weighted by Crippen LogP contribution is 2.27. The van der Waals surface area contributed by atoms with Crippen LogP contribution in [0.2, 0.25) is 0 Å². The van der Waals surface area contributed by atoms with Gasteiger partial charge in [-0.1, -0.05) is 29.2 Å². The van der Waals surface area contributed by atoms with Gasteiger partial charge in [0.05, 0.1) is 18.1 Å². The zero-order valence-corrected chi connectivity index (χ0v) is 21.8. The standard InChI is InChI=1S/C23H29N5O4S2/c1-7-28-20(16(6)32-17-10-13(3)9-14(4)11-17)26-27-23(28)33-12-18(29)25-22-24-15(5)19(34-22)21(30)31-8-2/h9-11,16H,7-8,12H2,1-6H3,(H,24,25,29). The van der Waals surface area contributed by atoms with Crippen LogP contribution in [0.5, 0.6) is 5.75 Å². The van der Waals surface area contributed by atoms with Crippen molar-refractivity contribution >= 4 is 40.1 Å². The molecule has 1 amide bonds. The van der Waals surface area contributed by atoms with Gasteiger partial charge in [0.15, 0.2) is 22.2 Å². The van der Waals surface area contributed by atoms with Crippen LogP contribution in [0.15, 0.2) is 23.4 Å². The Labute approximate surface area is 207 Å². The number of nitrogens with one attached hydrogen (secondary N) is 1. The summed E-state index contributed by atoms with van der Waals surface area (Å²) in [5, 5.41) is 12.3. The fourth-order valence-electron chi connectivity index (χ4n) is 3.38. The minimum absolute atomic E-state index is 0.123. The van der Waals surface area contributed by atoms with Gasteiger partial charge >= 0.3 is 5.97 Å². The normalized spacial score (nSPS) is 11.8. The lowest BCUT2D eigenvalue weighted by molar-refractivity contribution is -0.113. The molecule has 1 N–H and O–H groups in total. The fraction of sp³-hybridized carbons (Fsp3) is 0.435. The number of nitrogens with zero attached hydrogens (tertiary/aromatic N) is 4. The van der Waals surface area contributed by atoms with Gasteiger partial charge in [0.25, 0.3) is 0 Å². The zero-order chi connectivity index (χ0) is 24.8. The molecule has 9 nitrogen and oxygen atoms in total. The first-order valence-corrected chi connectivity index (χ1v) is 12.8. The predicted octanol–water partition coefficient (Wildman–Crippen LogP) is 4.73. The van der Waals surface area contributed by atoms with E-state index in [1.807, 2.05) is 44.4 Å². The Morgan fingerprint density at radius 2 is 1.85 bits per heavy atom. The second-order valence-electron chi connectivity index (χ2n) is 7.66. The Balaban J connectivity index is 1.62. The molecule has 3 rings (SSSR count). The van der Waals surface area contributed by atoms with Gasteiger partial charge in [-0.2, -0.15) is 0 Å². The molecule has 182 valence electrons. The molecule has 0 aliphatic rings. The highest BCUT2D eigenvalue weighted by molar-refractivity contribution is 7.99. The summed E-state index contributed by atoms with van der Waals surface area (Å²) in [4.78, 5) is 29.1. The lowest BCUT2D eigenvalue weighted by atomic mass is 10.1. The van der Waals surface area contributed by atoms with Crippen molar-refractivity contribution < 1.29 is 19.1 Å². The number of esters is 1. The Hall–Kier alpha value is -2.92. The molecule has 3 aromatic rings. The third-order valence-electron chi connectivity index (χ3n) is 4.77. The van der Waals surface area contributed by atoms with Gasteiger partial charge in [-0.15, -0.1) is 10.2 Å². The number of rotatable bonds is 10. The molecular formula is C23H29N5O4S2. The summed E-state index contributed by atoms with van der Waals surface area (Å²) in [6, 6.07) is 6.07. The molecule has 0 saturated carbocycles. The number of hydrogen-bond donors (Lipinski definition) is 1. The van der Waals surface area contributed by atoms with Gasteiger partial charge in [0.2, 0.25) is 5.91 Å². The third-order valence-corrected chi connectivity index (χ3v) is 6.79. The summed E-state index contributed by atoms with van der Waals surface area (Å²) in [5.74, 6) is 0.913. The number of aromatic nitrogens is 4. The number of thiazole rings is 1. The average molecular weight is 504 g/mol. The smallest absolute Gasteiger partial charge is 0.350 e. The molecule has 0 radical (unpaired) electrons. The van der Waals surface area contributed by atoms with Gasteiger partial charge < -0.3 is 19.4 Å². The van der Waals surface area contributed by atoms with E-state index in [0.717, 1.165) is 28.2 Å². The van der Waals surface area contributed by atoms with Crippen LogP contribution in [0.4, 0.5) is 5.13 Å². The minimum Gasteiger partial charge on any atom is -0.483 e. The molecule has 1 atom stereocenters. The number of ether oxygens (including phenoxy) is 2. The van der Waals surface area contributed by atoms with Crippen LogP contribution in [0, 0.1) is 20.8 Å². The number of thioether (sulfide) groups is 1. The van der Waals surface area contributed by atoms with Gasteiger partial charge in [0, 0.05) is 6.54 Å². The van der Waals surface area contributed by atoms with E-state index in [1.165, 1.54) is 11.8 Å². The van der Waals surface area contributed by atoms with Crippen LogP contribution in [-0.2, 0) is 16.1 Å². The second kappa shape index (κ2) is 11.5. The topological polar surface area (TPSA) is 108 Å². The van der Waals surface area contributed by atoms with Crippen molar-refractivity contribution in [1.29, 1.82) is 0 Å². The highest BCUT2D eigenvalue weighted by Gasteiger charge is 2.21. The van der Waals surface area contributed by atoms with E-state index in [4.69, 9.17) is 9.47 Å². The summed E-state index contributed by atoms with van der Waals surface area (Å²) in [6.07, 6.45) is -0.309. The van der Waals surface area contributed by atoms with E-state index < -0.39 is 5.97 Å². The van der Waals surface area contributed by atoms with E-state index in [9.17, 15) is 9.59 Å². The molecule has 0 aliphatic heterocycles. The lowest BCUT2D eigenvalue weighted by Crippen LogP contribution is -2.15. The predicted molar refractivity (Wildman–Crippen MR) is 133 cm³/mol. The van der Waals surface area contributed by atoms with Crippen molar-refractivity contribution in [3.8, 4) is 5.75 Å². The number of aryl methyl sites for hydroxylation is 3. The highest BCUT2D eigenvalue weighted by atomic mass is 32.2. The van der Waals surface area contributed by atoms with Crippen LogP contribution in [0.1, 0.15) is 59.2 Å². The summed E-state index contributed by atoms with van der Waals surface area (Å²) < 4.78 is 13.1. The Morgan fingerprint density at radius 3 is 2.50 bits per heavy atom. The van der Waals surface area contributed by atoms with E-state index >= 15 is 0 Å². The van der Waals surface area contributed by atoms with Crippen molar-refractivity contribution in [2.75, 3.05) is 17.7 Å². The number of anilines is 1. The first-order valence-electron chi connectivity index (χ1n) is 11.0. The van der Waals surface area contributed by atoms with Crippen molar-refractivity contribution in [2.24, 2.45) is 0 Å². The minimum atomic E-state index is -0.437. The van der Waals surface area contributed by atoms with Crippen molar-refractivity contribution in [3.05, 3.63) is 45.7 Å². The van der Waals surface area contributed by atoms with Crippen LogP contribution in [0.25, 0.3) is 0 Å². The summed E-state index contributed by atoms with van der Waals surface area (Å²) in [6.45, 7) is 12.4. The molecule has 34 heavy (non-hydrogen) atoms. The SMILES string of the molecule is CCOC(=O)c1sc(NC(=O)CSc2nnc(C(C)Oc3cc(C)cc(C)c3)n2CC)nc1C. The van der Waals surface area contributed by atoms with Crippen LogP contribution in [-0.4, -0.2) is 44.0 Å². The van der Waals surface area contributed by atoms with Gasteiger partial charge in [0.1, 0.15) is 10.6 Å². The molecular weight excluding hydrogens is 474 g/mol. The molecule has 2 aromatic heterocycles. The summed E-state index contributed by atoms with van der Waals surface area (Å²) in [5.41, 5.74) is 2.79. The van der Waals surface area contributed by atoms with Crippen LogP contribution >= 0.6 is 23.1 Å². The molecule has 1 unspecified atom stereocenters. The molecule has 0 aliphatic carbocycles. The maximum absolute atomic E-state index is 12.5. The molecule has 0 saturated heterocycles. The second-order valence-corrected chi connectivity index (χ2v) is 9.60. The number of carbonyl (C=O) groups is 2. The first-order chi connectivity index (χ1) is 16.2. The quantitative estimate of drug-likeness (QED) is 0.313. The maximum atomic E-state index is 12.5. The lowest BCUT2D eigenvalue weighted by Gasteiger charge is -2.16. The molecule has 2 heterocycles. The summed E-state index contributed by atoms with van der Waals surface area (Å²) in [7, 11) is 0. The zero-order valence-electron chi connectivity index (χ0n) is 20.2. The molecule has 0 spiro atoms. The van der Waals surface area contributed by atoms with Crippen LogP contribution < -0.4 is 10.1 Å². The fourth-order valence-corrected chi connectivity index (χ4v) is 5.07. The Kier molecular flexibility index (Phi) is 8.67. The largest absolute Gasteiger partial charge is 0.483 e.